The number of carbonyl (C=O) groups is 1. The average molecular weight is 457 g/mol. The van der Waals surface area contributed by atoms with E-state index >= 15 is 0 Å². The van der Waals surface area contributed by atoms with Gasteiger partial charge in [-0.15, -0.1) is 0 Å². The monoisotopic (exact) mass is 456 g/mol. The maximum Gasteiger partial charge on any atom is 0.305 e. The SMILES string of the molecule is CCOCOc1cc(/C=C/c2cccc(CCCCCC(=O)OC)c2)cc(OCOCC)c1. The fraction of sp³-hybridized carbons (Fsp3) is 0.444. The lowest BCUT2D eigenvalue weighted by Crippen LogP contribution is -2.04. The Morgan fingerprint density at radius 1 is 0.818 bits per heavy atom. The molecule has 0 spiro atoms. The van der Waals surface area contributed by atoms with Crippen LogP contribution >= 0.6 is 0 Å². The van der Waals surface area contributed by atoms with Crippen LogP contribution in [0, 0.1) is 0 Å². The molecule has 180 valence electrons. The van der Waals surface area contributed by atoms with Gasteiger partial charge in [-0.2, -0.15) is 0 Å². The molecule has 0 aliphatic rings. The highest BCUT2D eigenvalue weighted by Gasteiger charge is 2.03. The van der Waals surface area contributed by atoms with Gasteiger partial charge in [0, 0.05) is 25.7 Å². The summed E-state index contributed by atoms with van der Waals surface area (Å²) in [5, 5.41) is 0. The fourth-order valence-corrected chi connectivity index (χ4v) is 3.16. The summed E-state index contributed by atoms with van der Waals surface area (Å²) < 4.78 is 26.6. The average Bonchev–Trinajstić information content (AvgIpc) is 2.83. The highest BCUT2D eigenvalue weighted by atomic mass is 16.7. The van der Waals surface area contributed by atoms with Crippen LogP contribution in [-0.4, -0.2) is 39.9 Å². The standard InChI is InChI=1S/C27H36O6/c1-4-30-20-32-25-17-24(18-26(19-25)33-21-31-5-2)15-14-23-12-9-11-22(16-23)10-7-6-8-13-27(28)29-3/h9,11-12,14-19H,4-8,10,13,20-21H2,1-3H3/b15-14+. The number of unbranched alkanes of at least 4 members (excludes halogenated alkanes) is 2. The number of esters is 1. The summed E-state index contributed by atoms with van der Waals surface area (Å²) in [5.74, 6) is 1.22. The third-order valence-corrected chi connectivity index (χ3v) is 4.92. The summed E-state index contributed by atoms with van der Waals surface area (Å²) in [6.45, 7) is 5.42. The first kappa shape index (κ1) is 26.4. The van der Waals surface area contributed by atoms with Crippen molar-refractivity contribution in [3.05, 3.63) is 59.2 Å². The molecule has 2 aromatic carbocycles. The van der Waals surface area contributed by atoms with Crippen molar-refractivity contribution in [2.75, 3.05) is 33.9 Å². The number of hydrogen-bond acceptors (Lipinski definition) is 6. The molecule has 33 heavy (non-hydrogen) atoms. The maximum atomic E-state index is 11.2. The minimum absolute atomic E-state index is 0.138. The van der Waals surface area contributed by atoms with E-state index in [1.807, 2.05) is 38.1 Å². The molecule has 6 heteroatoms. The van der Waals surface area contributed by atoms with E-state index in [0.717, 1.165) is 36.8 Å². The molecule has 0 atom stereocenters. The quantitative estimate of drug-likeness (QED) is 0.136. The van der Waals surface area contributed by atoms with Gasteiger partial charge < -0.3 is 23.7 Å². The van der Waals surface area contributed by atoms with Crippen molar-refractivity contribution in [1.82, 2.24) is 0 Å². The Morgan fingerprint density at radius 3 is 2.12 bits per heavy atom. The van der Waals surface area contributed by atoms with E-state index in [1.165, 1.54) is 12.7 Å². The van der Waals surface area contributed by atoms with Crippen molar-refractivity contribution in [3.8, 4) is 11.5 Å². The molecule has 2 rings (SSSR count). The van der Waals surface area contributed by atoms with Crippen LogP contribution in [0.4, 0.5) is 0 Å². The summed E-state index contributed by atoms with van der Waals surface area (Å²) in [5.41, 5.74) is 3.37. The number of carbonyl (C=O) groups excluding carboxylic acids is 1. The first-order valence-electron chi connectivity index (χ1n) is 11.5. The first-order valence-corrected chi connectivity index (χ1v) is 11.5. The maximum absolute atomic E-state index is 11.2. The number of benzene rings is 2. The van der Waals surface area contributed by atoms with Gasteiger partial charge in [-0.3, -0.25) is 4.79 Å². The summed E-state index contributed by atoms with van der Waals surface area (Å²) in [4.78, 5) is 11.2. The zero-order valence-corrected chi connectivity index (χ0v) is 20.0. The summed E-state index contributed by atoms with van der Waals surface area (Å²) in [6.07, 6.45) is 8.51. The van der Waals surface area contributed by atoms with Gasteiger partial charge in [0.2, 0.25) is 0 Å². The van der Waals surface area contributed by atoms with E-state index in [-0.39, 0.29) is 19.6 Å². The van der Waals surface area contributed by atoms with Crippen molar-refractivity contribution >= 4 is 18.1 Å². The highest BCUT2D eigenvalue weighted by molar-refractivity contribution is 5.71. The molecule has 0 unspecified atom stereocenters. The lowest BCUT2D eigenvalue weighted by Gasteiger charge is -2.11. The molecule has 0 aliphatic carbocycles. The zero-order valence-electron chi connectivity index (χ0n) is 20.0. The number of rotatable bonds is 16. The Hall–Kier alpha value is -2.83. The van der Waals surface area contributed by atoms with E-state index in [2.05, 4.69) is 35.1 Å². The Labute approximate surface area is 197 Å². The van der Waals surface area contributed by atoms with Crippen molar-refractivity contribution in [3.63, 3.8) is 0 Å². The summed E-state index contributed by atoms with van der Waals surface area (Å²) in [7, 11) is 1.43. The second-order valence-electron chi connectivity index (χ2n) is 7.46. The van der Waals surface area contributed by atoms with Gasteiger partial charge in [0.05, 0.1) is 7.11 Å². The number of aryl methyl sites for hydroxylation is 1. The molecule has 0 radical (unpaired) electrons. The van der Waals surface area contributed by atoms with Crippen LogP contribution in [-0.2, 0) is 25.4 Å². The lowest BCUT2D eigenvalue weighted by atomic mass is 10.0. The first-order chi connectivity index (χ1) is 16.1. The van der Waals surface area contributed by atoms with Crippen LogP contribution in [0.2, 0.25) is 0 Å². The minimum Gasteiger partial charge on any atom is -0.469 e. The van der Waals surface area contributed by atoms with Crippen LogP contribution in [0.15, 0.2) is 42.5 Å². The molecule has 0 amide bonds. The van der Waals surface area contributed by atoms with Crippen LogP contribution in [0.3, 0.4) is 0 Å². The molecular formula is C27H36O6. The normalized spacial score (nSPS) is 11.0. The molecule has 0 N–H and O–H groups in total. The predicted molar refractivity (Wildman–Crippen MR) is 130 cm³/mol. The third kappa shape index (κ3) is 11.0. The van der Waals surface area contributed by atoms with Gasteiger partial charge in [-0.25, -0.2) is 0 Å². The van der Waals surface area contributed by atoms with Gasteiger partial charge in [-0.1, -0.05) is 42.8 Å². The number of hydrogen-bond donors (Lipinski definition) is 0. The molecule has 0 heterocycles. The second-order valence-corrected chi connectivity index (χ2v) is 7.46. The Bertz CT molecular complexity index is 833. The van der Waals surface area contributed by atoms with Crippen LogP contribution in [0.5, 0.6) is 11.5 Å². The van der Waals surface area contributed by atoms with Crippen LogP contribution in [0.25, 0.3) is 12.2 Å². The van der Waals surface area contributed by atoms with Gasteiger partial charge >= 0.3 is 5.97 Å². The molecule has 6 nitrogen and oxygen atoms in total. The van der Waals surface area contributed by atoms with E-state index in [9.17, 15) is 4.79 Å². The smallest absolute Gasteiger partial charge is 0.305 e. The summed E-state index contributed by atoms with van der Waals surface area (Å²) in [6, 6.07) is 14.2. The van der Waals surface area contributed by atoms with Gasteiger partial charge in [-0.05, 0) is 61.9 Å². The topological polar surface area (TPSA) is 63.2 Å². The molecule has 0 saturated carbocycles. The Morgan fingerprint density at radius 2 is 1.48 bits per heavy atom. The second kappa shape index (κ2) is 15.9. The summed E-state index contributed by atoms with van der Waals surface area (Å²) >= 11 is 0. The van der Waals surface area contributed by atoms with Crippen LogP contribution < -0.4 is 9.47 Å². The molecule has 0 aromatic heterocycles. The number of ether oxygens (including phenoxy) is 5. The van der Waals surface area contributed by atoms with Crippen molar-refractivity contribution in [2.24, 2.45) is 0 Å². The van der Waals surface area contributed by atoms with Crippen molar-refractivity contribution in [1.29, 1.82) is 0 Å². The van der Waals surface area contributed by atoms with E-state index in [1.54, 1.807) is 0 Å². The van der Waals surface area contributed by atoms with Gasteiger partial charge in [0.15, 0.2) is 13.6 Å². The van der Waals surface area contributed by atoms with E-state index in [4.69, 9.17) is 18.9 Å². The van der Waals surface area contributed by atoms with Crippen molar-refractivity contribution < 1.29 is 28.5 Å². The predicted octanol–water partition coefficient (Wildman–Crippen LogP) is 5.88. The molecule has 2 aromatic rings. The Balaban J connectivity index is 1.99. The van der Waals surface area contributed by atoms with Gasteiger partial charge in [0.25, 0.3) is 0 Å². The molecule has 0 bridgehead atoms. The lowest BCUT2D eigenvalue weighted by molar-refractivity contribution is -0.140. The molecular weight excluding hydrogens is 420 g/mol. The zero-order chi connectivity index (χ0) is 23.7. The van der Waals surface area contributed by atoms with E-state index < -0.39 is 0 Å². The van der Waals surface area contributed by atoms with Gasteiger partial charge in [0.1, 0.15) is 11.5 Å². The van der Waals surface area contributed by atoms with Crippen molar-refractivity contribution in [2.45, 2.75) is 46.0 Å². The highest BCUT2D eigenvalue weighted by Crippen LogP contribution is 2.25. The molecule has 0 aliphatic heterocycles. The molecule has 0 saturated heterocycles. The number of methoxy groups -OCH3 is 1. The van der Waals surface area contributed by atoms with Crippen LogP contribution in [0.1, 0.15) is 56.2 Å². The third-order valence-electron chi connectivity index (χ3n) is 4.92. The molecule has 0 fully saturated rings. The Kier molecular flexibility index (Phi) is 12.7. The fourth-order valence-electron chi connectivity index (χ4n) is 3.16. The van der Waals surface area contributed by atoms with E-state index in [0.29, 0.717) is 31.1 Å². The minimum atomic E-state index is -0.138. The largest absolute Gasteiger partial charge is 0.469 e.